The number of rotatable bonds is 6. The highest BCUT2D eigenvalue weighted by atomic mass is 35.5. The lowest BCUT2D eigenvalue weighted by molar-refractivity contribution is -0.140. The summed E-state index contributed by atoms with van der Waals surface area (Å²) in [6.07, 6.45) is 1.46. The average molecular weight is 372 g/mol. The zero-order chi connectivity index (χ0) is 17.9. The number of hydrogen-bond donors (Lipinski definition) is 1. The number of methoxy groups -OCH3 is 1. The third-order valence-electron chi connectivity index (χ3n) is 3.01. The van der Waals surface area contributed by atoms with Crippen LogP contribution in [0.15, 0.2) is 17.0 Å². The number of carboxylic acids is 1. The van der Waals surface area contributed by atoms with E-state index in [-0.39, 0.29) is 4.91 Å². The molecule has 1 aromatic rings. The molecular weight excluding hydrogens is 358 g/mol. The Labute approximate surface area is 147 Å². The Morgan fingerprint density at radius 3 is 2.71 bits per heavy atom. The van der Waals surface area contributed by atoms with Crippen LogP contribution in [0.25, 0.3) is 6.08 Å². The first kappa shape index (κ1) is 18.2. The van der Waals surface area contributed by atoms with E-state index in [9.17, 15) is 14.4 Å². The summed E-state index contributed by atoms with van der Waals surface area (Å²) in [5, 5.41) is 8.42. The highest BCUT2D eigenvalue weighted by Crippen LogP contribution is 2.38. The molecule has 0 saturated carbocycles. The van der Waals surface area contributed by atoms with Crippen molar-refractivity contribution in [3.63, 3.8) is 0 Å². The van der Waals surface area contributed by atoms with E-state index in [0.717, 1.165) is 0 Å². The number of thioether (sulfide) groups is 1. The summed E-state index contributed by atoms with van der Waals surface area (Å²) in [7, 11) is 1.46. The van der Waals surface area contributed by atoms with E-state index in [1.165, 1.54) is 13.2 Å². The number of hydrogen-bond acceptors (Lipinski definition) is 6. The SMILES string of the molecule is CCOc1c(Cl)cc(/C=C2/SC(=O)N(CC(=O)O)C2=O)cc1OC. The second kappa shape index (κ2) is 7.59. The second-order valence-corrected chi connectivity index (χ2v) is 6.03. The summed E-state index contributed by atoms with van der Waals surface area (Å²) in [5.74, 6) is -1.14. The van der Waals surface area contributed by atoms with Crippen LogP contribution in [0.3, 0.4) is 0 Å². The smallest absolute Gasteiger partial charge is 0.323 e. The maximum absolute atomic E-state index is 12.1. The van der Waals surface area contributed by atoms with Crippen LogP contribution >= 0.6 is 23.4 Å². The first-order valence-corrected chi connectivity index (χ1v) is 8.04. The topological polar surface area (TPSA) is 93.1 Å². The van der Waals surface area contributed by atoms with Crippen molar-refractivity contribution in [2.45, 2.75) is 6.92 Å². The number of carboxylic acid groups (broad SMARTS) is 1. The van der Waals surface area contributed by atoms with Gasteiger partial charge in [-0.25, -0.2) is 0 Å². The molecule has 1 aliphatic heterocycles. The summed E-state index contributed by atoms with van der Waals surface area (Å²) in [6, 6.07) is 3.18. The van der Waals surface area contributed by atoms with Crippen molar-refractivity contribution in [3.05, 3.63) is 27.6 Å². The minimum absolute atomic E-state index is 0.114. The molecule has 1 aromatic carbocycles. The third-order valence-corrected chi connectivity index (χ3v) is 4.19. The van der Waals surface area contributed by atoms with Crippen molar-refractivity contribution in [2.75, 3.05) is 20.3 Å². The van der Waals surface area contributed by atoms with Gasteiger partial charge >= 0.3 is 5.97 Å². The van der Waals surface area contributed by atoms with Crippen LogP contribution in [0.4, 0.5) is 4.79 Å². The third kappa shape index (κ3) is 3.82. The van der Waals surface area contributed by atoms with E-state index in [0.29, 0.717) is 45.4 Å². The fourth-order valence-corrected chi connectivity index (χ4v) is 3.14. The number of carbonyl (C=O) groups is 3. The summed E-state index contributed by atoms with van der Waals surface area (Å²) >= 11 is 6.83. The number of aliphatic carboxylic acids is 1. The second-order valence-electron chi connectivity index (χ2n) is 4.63. The van der Waals surface area contributed by atoms with Gasteiger partial charge in [0.2, 0.25) is 0 Å². The van der Waals surface area contributed by atoms with E-state index in [1.807, 2.05) is 6.92 Å². The van der Waals surface area contributed by atoms with Crippen molar-refractivity contribution in [1.82, 2.24) is 4.90 Å². The highest BCUT2D eigenvalue weighted by Gasteiger charge is 2.36. The van der Waals surface area contributed by atoms with Crippen LogP contribution in [0, 0.1) is 0 Å². The fourth-order valence-electron chi connectivity index (χ4n) is 2.03. The molecule has 1 heterocycles. The Morgan fingerprint density at radius 2 is 2.12 bits per heavy atom. The maximum atomic E-state index is 12.1. The van der Waals surface area contributed by atoms with Crippen molar-refractivity contribution in [1.29, 1.82) is 0 Å². The van der Waals surface area contributed by atoms with Gasteiger partial charge in [-0.3, -0.25) is 19.3 Å². The molecule has 0 unspecified atom stereocenters. The quantitative estimate of drug-likeness (QED) is 0.768. The molecule has 2 amide bonds. The van der Waals surface area contributed by atoms with Crippen LogP contribution in [-0.4, -0.2) is 47.4 Å². The zero-order valence-electron chi connectivity index (χ0n) is 12.9. The fraction of sp³-hybridized carbons (Fsp3) is 0.267. The van der Waals surface area contributed by atoms with Gasteiger partial charge in [0.05, 0.1) is 23.6 Å². The summed E-state index contributed by atoms with van der Waals surface area (Å²) in [4.78, 5) is 35.4. The van der Waals surface area contributed by atoms with Crippen LogP contribution in [0.5, 0.6) is 11.5 Å². The van der Waals surface area contributed by atoms with E-state index >= 15 is 0 Å². The zero-order valence-corrected chi connectivity index (χ0v) is 14.4. The Bertz CT molecular complexity index is 733. The van der Waals surface area contributed by atoms with Crippen LogP contribution < -0.4 is 9.47 Å². The van der Waals surface area contributed by atoms with Crippen molar-refractivity contribution < 1.29 is 29.0 Å². The molecule has 1 saturated heterocycles. The minimum atomic E-state index is -1.26. The molecule has 0 atom stereocenters. The minimum Gasteiger partial charge on any atom is -0.493 e. The largest absolute Gasteiger partial charge is 0.493 e. The van der Waals surface area contributed by atoms with Gasteiger partial charge in [0, 0.05) is 0 Å². The number of nitrogens with zero attached hydrogens (tertiary/aromatic N) is 1. The first-order valence-electron chi connectivity index (χ1n) is 6.84. The number of amides is 2. The molecule has 24 heavy (non-hydrogen) atoms. The average Bonchev–Trinajstić information content (AvgIpc) is 2.77. The normalized spacial score (nSPS) is 16.0. The maximum Gasteiger partial charge on any atom is 0.323 e. The molecule has 0 radical (unpaired) electrons. The number of halogens is 1. The van der Waals surface area contributed by atoms with Gasteiger partial charge in [-0.2, -0.15) is 0 Å². The number of benzene rings is 1. The predicted octanol–water partition coefficient (Wildman–Crippen LogP) is 2.87. The Hall–Kier alpha value is -2.19. The Kier molecular flexibility index (Phi) is 5.74. The van der Waals surface area contributed by atoms with E-state index < -0.39 is 23.7 Å². The van der Waals surface area contributed by atoms with Gasteiger partial charge in [-0.15, -0.1) is 0 Å². The molecule has 9 heteroatoms. The Balaban J connectivity index is 2.35. The molecule has 128 valence electrons. The van der Waals surface area contributed by atoms with Gasteiger partial charge < -0.3 is 14.6 Å². The molecule has 1 fully saturated rings. The van der Waals surface area contributed by atoms with Gasteiger partial charge in [-0.1, -0.05) is 11.6 Å². The summed E-state index contributed by atoms with van der Waals surface area (Å²) in [5.41, 5.74) is 0.529. The molecule has 2 rings (SSSR count). The van der Waals surface area contributed by atoms with Gasteiger partial charge in [0.1, 0.15) is 6.54 Å². The van der Waals surface area contributed by atoms with E-state index in [4.69, 9.17) is 26.2 Å². The van der Waals surface area contributed by atoms with Gasteiger partial charge in [0.15, 0.2) is 11.5 Å². The van der Waals surface area contributed by atoms with E-state index in [2.05, 4.69) is 0 Å². The summed E-state index contributed by atoms with van der Waals surface area (Å²) < 4.78 is 10.6. The standard InChI is InChI=1S/C15H14ClNO6S/c1-3-23-13-9(16)4-8(5-10(13)22-2)6-11-14(20)17(7-12(18)19)15(21)24-11/h4-6H,3,7H2,1-2H3,(H,18,19)/b11-6+. The number of imide groups is 1. The van der Waals surface area contributed by atoms with Crippen LogP contribution in [0.2, 0.25) is 5.02 Å². The summed E-state index contributed by atoms with van der Waals surface area (Å²) in [6.45, 7) is 1.54. The number of carbonyl (C=O) groups excluding carboxylic acids is 2. The van der Waals surface area contributed by atoms with Crippen molar-refractivity contribution >= 4 is 46.6 Å². The molecule has 0 aliphatic carbocycles. The predicted molar refractivity (Wildman–Crippen MR) is 89.5 cm³/mol. The van der Waals surface area contributed by atoms with Crippen molar-refractivity contribution in [3.8, 4) is 11.5 Å². The molecular formula is C15H14ClNO6S. The highest BCUT2D eigenvalue weighted by molar-refractivity contribution is 8.18. The van der Waals surface area contributed by atoms with Gasteiger partial charge in [0.25, 0.3) is 11.1 Å². The van der Waals surface area contributed by atoms with Crippen LogP contribution in [-0.2, 0) is 9.59 Å². The van der Waals surface area contributed by atoms with E-state index in [1.54, 1.807) is 12.1 Å². The molecule has 0 aromatic heterocycles. The molecule has 0 bridgehead atoms. The first-order chi connectivity index (χ1) is 11.4. The molecule has 1 aliphatic rings. The van der Waals surface area contributed by atoms with Crippen LogP contribution in [0.1, 0.15) is 12.5 Å². The van der Waals surface area contributed by atoms with Gasteiger partial charge in [-0.05, 0) is 42.5 Å². The Morgan fingerprint density at radius 1 is 1.42 bits per heavy atom. The lowest BCUT2D eigenvalue weighted by Crippen LogP contribution is -2.33. The van der Waals surface area contributed by atoms with Crippen molar-refractivity contribution in [2.24, 2.45) is 0 Å². The molecule has 0 spiro atoms. The monoisotopic (exact) mass is 371 g/mol. The lowest BCUT2D eigenvalue weighted by atomic mass is 10.1. The molecule has 7 nitrogen and oxygen atoms in total. The lowest BCUT2D eigenvalue weighted by Gasteiger charge is -2.12. The number of ether oxygens (including phenoxy) is 2. The molecule has 1 N–H and O–H groups in total.